The van der Waals surface area contributed by atoms with Crippen molar-refractivity contribution in [1.29, 1.82) is 0 Å². The summed E-state index contributed by atoms with van der Waals surface area (Å²) in [5.41, 5.74) is 2.46. The average Bonchev–Trinajstić information content (AvgIpc) is 3.51. The molecule has 0 unspecified atom stereocenters. The van der Waals surface area contributed by atoms with Gasteiger partial charge < -0.3 is 0 Å². The van der Waals surface area contributed by atoms with E-state index >= 15 is 0 Å². The summed E-state index contributed by atoms with van der Waals surface area (Å²) >= 11 is -0.424. The number of ether oxygens (including phenoxy) is 1. The maximum absolute atomic E-state index is 13.4. The molecule has 38 heavy (non-hydrogen) atoms. The fourth-order valence-corrected chi connectivity index (χ4v) is 25.8. The van der Waals surface area contributed by atoms with Crippen LogP contribution in [0.15, 0.2) is 54.6 Å². The number of rotatable bonds is 11. The van der Waals surface area contributed by atoms with Gasteiger partial charge in [-0.15, -0.1) is 0 Å². The van der Waals surface area contributed by atoms with E-state index in [0.717, 1.165) is 21.8 Å². The van der Waals surface area contributed by atoms with Crippen LogP contribution in [0.1, 0.15) is 80.1 Å². The van der Waals surface area contributed by atoms with Crippen molar-refractivity contribution in [2.24, 2.45) is 0 Å². The second kappa shape index (κ2) is 12.6. The zero-order valence-electron chi connectivity index (χ0n) is 24.2. The number of hydrogen-bond acceptors (Lipinski definition) is 3. The second-order valence-corrected chi connectivity index (χ2v) is 27.1. The van der Waals surface area contributed by atoms with E-state index in [1.54, 1.807) is 7.46 Å². The summed E-state index contributed by atoms with van der Waals surface area (Å²) in [6, 6.07) is 19.6. The van der Waals surface area contributed by atoms with Gasteiger partial charge in [0.05, 0.1) is 0 Å². The van der Waals surface area contributed by atoms with Crippen LogP contribution < -0.4 is 2.89 Å². The molecule has 0 aliphatic carbocycles. The van der Waals surface area contributed by atoms with Gasteiger partial charge >= 0.3 is 239 Å². The van der Waals surface area contributed by atoms with Gasteiger partial charge in [0.25, 0.3) is 0 Å². The van der Waals surface area contributed by atoms with E-state index in [1.807, 2.05) is 39.0 Å². The standard InChI is InChI=1S/C21H18NO2S.3C4H9.Sn/c1-21(2,3)24-20(23)22-17-8-5-4-7-15(17)16-11-10-14(13-18(16)22)19-9-6-12-25-19;3*1-3-4-2;/h4-11,13H,1-3H3;3*1,3-4H2,2H3;. The van der Waals surface area contributed by atoms with Crippen molar-refractivity contribution in [3.8, 4) is 10.4 Å². The van der Waals surface area contributed by atoms with E-state index in [1.165, 1.54) is 62.3 Å². The van der Waals surface area contributed by atoms with Gasteiger partial charge in [0.1, 0.15) is 0 Å². The first-order chi connectivity index (χ1) is 18.2. The minimum atomic E-state index is -2.48. The van der Waals surface area contributed by atoms with Crippen LogP contribution in [0.4, 0.5) is 4.79 Å². The fourth-order valence-electron chi connectivity index (χ4n) is 5.70. The van der Waals surface area contributed by atoms with Gasteiger partial charge in [0, 0.05) is 0 Å². The summed E-state index contributed by atoms with van der Waals surface area (Å²) in [5, 5.41) is 2.18. The molecular formula is C33H45NO2SSn. The number of para-hydroxylation sites is 1. The number of aromatic nitrogens is 1. The molecule has 0 aliphatic rings. The topological polar surface area (TPSA) is 31.2 Å². The van der Waals surface area contributed by atoms with E-state index in [2.05, 4.69) is 68.5 Å². The van der Waals surface area contributed by atoms with Gasteiger partial charge in [-0.25, -0.2) is 0 Å². The summed E-state index contributed by atoms with van der Waals surface area (Å²) in [6.07, 6.45) is 7.68. The molecular weight excluding hydrogens is 593 g/mol. The Labute approximate surface area is 237 Å². The minimum absolute atomic E-state index is 0.318. The Morgan fingerprint density at radius 1 is 0.816 bits per heavy atom. The number of nitrogens with zero attached hydrogens (tertiary/aromatic N) is 1. The Balaban J connectivity index is 1.80. The van der Waals surface area contributed by atoms with Gasteiger partial charge in [-0.05, 0) is 0 Å². The van der Waals surface area contributed by atoms with E-state index < -0.39 is 24.0 Å². The molecule has 204 valence electrons. The van der Waals surface area contributed by atoms with Crippen molar-refractivity contribution in [2.75, 3.05) is 0 Å². The van der Waals surface area contributed by atoms with Crippen LogP contribution >= 0.6 is 11.3 Å². The third-order valence-corrected chi connectivity index (χ3v) is 27.1. The molecule has 4 rings (SSSR count). The van der Waals surface area contributed by atoms with E-state index in [0.29, 0.717) is 0 Å². The summed E-state index contributed by atoms with van der Waals surface area (Å²) < 4.78 is 13.8. The van der Waals surface area contributed by atoms with Crippen LogP contribution in [0.5, 0.6) is 0 Å². The Kier molecular flexibility index (Phi) is 9.67. The number of carbonyl (C=O) groups excluding carboxylic acids is 1. The fraction of sp³-hybridized carbons (Fsp3) is 0.485. The van der Waals surface area contributed by atoms with Gasteiger partial charge in [0.15, 0.2) is 0 Å². The number of benzene rings is 2. The molecule has 0 atom stereocenters. The molecule has 2 aromatic heterocycles. The van der Waals surface area contributed by atoms with Crippen LogP contribution in [-0.2, 0) is 4.74 Å². The first-order valence-corrected chi connectivity index (χ1v) is 22.9. The number of fused-ring (bicyclic) bond motifs is 3. The van der Waals surface area contributed by atoms with E-state index in [-0.39, 0.29) is 6.09 Å². The summed E-state index contributed by atoms with van der Waals surface area (Å²) in [5.74, 6) is 0. The SMILES string of the molecule is CCC[CH2][Sn]([CH2]CCC)([CH2]CCC)[c]1ccc(-c2ccc3c4ccccc4n(C(=O)OC(C)(C)C)c3c2)s1. The van der Waals surface area contributed by atoms with E-state index in [9.17, 15) is 4.79 Å². The first kappa shape index (κ1) is 29.2. The predicted molar refractivity (Wildman–Crippen MR) is 169 cm³/mol. The maximum atomic E-state index is 13.4. The number of thiophene rings is 1. The molecule has 2 heterocycles. The molecule has 0 N–H and O–H groups in total. The summed E-state index contributed by atoms with van der Waals surface area (Å²) in [6.45, 7) is 12.8. The molecule has 0 aliphatic heterocycles. The van der Waals surface area contributed by atoms with Crippen molar-refractivity contribution >= 4 is 60.5 Å². The molecule has 4 aromatic rings. The molecule has 5 heteroatoms. The van der Waals surface area contributed by atoms with Gasteiger partial charge in [0.2, 0.25) is 0 Å². The molecule has 0 bridgehead atoms. The van der Waals surface area contributed by atoms with Gasteiger partial charge in [-0.3, -0.25) is 0 Å². The number of carbonyl (C=O) groups is 1. The molecule has 3 nitrogen and oxygen atoms in total. The molecule has 0 amide bonds. The predicted octanol–water partition coefficient (Wildman–Crippen LogP) is 10.4. The monoisotopic (exact) mass is 639 g/mol. The third kappa shape index (κ3) is 6.33. The Morgan fingerprint density at radius 3 is 2.03 bits per heavy atom. The number of hydrogen-bond donors (Lipinski definition) is 0. The molecule has 0 saturated carbocycles. The molecule has 0 fully saturated rings. The summed E-state index contributed by atoms with van der Waals surface area (Å²) in [4.78, 5) is 14.7. The Hall–Kier alpha value is -1.79. The molecule has 0 spiro atoms. The van der Waals surface area contributed by atoms with E-state index in [4.69, 9.17) is 4.74 Å². The van der Waals surface area contributed by atoms with Crippen LogP contribution in [-0.4, -0.2) is 34.6 Å². The zero-order chi connectivity index (χ0) is 27.3. The quantitative estimate of drug-likeness (QED) is 0.153. The normalized spacial score (nSPS) is 12.5. The van der Waals surface area contributed by atoms with Gasteiger partial charge in [-0.2, -0.15) is 0 Å². The molecule has 2 aromatic carbocycles. The van der Waals surface area contributed by atoms with Crippen molar-refractivity contribution in [3.63, 3.8) is 0 Å². The van der Waals surface area contributed by atoms with Crippen molar-refractivity contribution < 1.29 is 9.53 Å². The average molecular weight is 639 g/mol. The van der Waals surface area contributed by atoms with Crippen LogP contribution in [0, 0.1) is 0 Å². The molecule has 0 radical (unpaired) electrons. The summed E-state index contributed by atoms with van der Waals surface area (Å²) in [7, 11) is 0. The van der Waals surface area contributed by atoms with Crippen LogP contribution in [0.25, 0.3) is 32.2 Å². The first-order valence-electron chi connectivity index (χ1n) is 14.6. The number of unbranched alkanes of at least 4 members (excludes halogenated alkanes) is 3. The van der Waals surface area contributed by atoms with Crippen LogP contribution in [0.2, 0.25) is 13.3 Å². The second-order valence-electron chi connectivity index (χ2n) is 11.8. The Morgan fingerprint density at radius 2 is 1.42 bits per heavy atom. The Bertz CT molecular complexity index is 1360. The van der Waals surface area contributed by atoms with Gasteiger partial charge in [-0.1, -0.05) is 0 Å². The van der Waals surface area contributed by atoms with Crippen molar-refractivity contribution in [1.82, 2.24) is 4.57 Å². The van der Waals surface area contributed by atoms with Crippen molar-refractivity contribution in [2.45, 2.75) is 99.0 Å². The van der Waals surface area contributed by atoms with Crippen LogP contribution in [0.3, 0.4) is 0 Å². The zero-order valence-corrected chi connectivity index (χ0v) is 27.9. The molecule has 0 saturated heterocycles. The van der Waals surface area contributed by atoms with Crippen molar-refractivity contribution in [3.05, 3.63) is 54.6 Å². The third-order valence-electron chi connectivity index (χ3n) is 7.69.